The number of methoxy groups -OCH3 is 1. The van der Waals surface area contributed by atoms with Crippen molar-refractivity contribution in [2.75, 3.05) is 12.9 Å². The zero-order valence-electron chi connectivity index (χ0n) is 20.3. The van der Waals surface area contributed by atoms with Crippen molar-refractivity contribution < 1.29 is 14.3 Å². The van der Waals surface area contributed by atoms with Gasteiger partial charge in [-0.3, -0.25) is 9.59 Å². The smallest absolute Gasteiger partial charge is 0.255 e. The van der Waals surface area contributed by atoms with Gasteiger partial charge in [-0.1, -0.05) is 42.1 Å². The third-order valence-electron chi connectivity index (χ3n) is 5.91. The van der Waals surface area contributed by atoms with Crippen molar-refractivity contribution in [1.82, 2.24) is 24.6 Å². The molecule has 1 N–H and O–H groups in total. The van der Waals surface area contributed by atoms with Crippen LogP contribution in [0.4, 0.5) is 0 Å². The molecule has 0 aliphatic rings. The van der Waals surface area contributed by atoms with Crippen LogP contribution in [-0.4, -0.2) is 43.9 Å². The van der Waals surface area contributed by atoms with E-state index in [1.165, 1.54) is 18.9 Å². The molecular formula is C26H29N5O3S. The number of nitrogens with one attached hydrogen (secondary N) is 1. The Bertz CT molecular complexity index is 1360. The Morgan fingerprint density at radius 1 is 1.03 bits per heavy atom. The van der Waals surface area contributed by atoms with Crippen LogP contribution in [-0.2, 0) is 13.1 Å². The highest BCUT2D eigenvalue weighted by Crippen LogP contribution is 2.26. The third kappa shape index (κ3) is 4.95. The van der Waals surface area contributed by atoms with Crippen LogP contribution in [0.15, 0.2) is 59.9 Å². The van der Waals surface area contributed by atoms with E-state index in [9.17, 15) is 9.59 Å². The van der Waals surface area contributed by atoms with E-state index in [0.717, 1.165) is 23.0 Å². The lowest BCUT2D eigenvalue weighted by Crippen LogP contribution is -2.29. The molecule has 1 amide bonds. The Morgan fingerprint density at radius 2 is 1.77 bits per heavy atom. The SMILES string of the molecule is CCn1c(SCC(=O)c2cn(CC)c3ccccc23)nnc1[C@H](C)NC(=O)c1ccccc1OC. The number of aryl methyl sites for hydroxylation is 1. The number of thioether (sulfide) groups is 1. The van der Waals surface area contributed by atoms with Gasteiger partial charge in [-0.05, 0) is 39.0 Å². The molecule has 2 aromatic heterocycles. The van der Waals surface area contributed by atoms with Crippen LogP contribution in [0.1, 0.15) is 53.4 Å². The number of Topliss-reactive ketones (excluding diaryl/α,β-unsaturated/α-hetero) is 1. The summed E-state index contributed by atoms with van der Waals surface area (Å²) in [5.41, 5.74) is 2.23. The number of rotatable bonds is 10. The minimum Gasteiger partial charge on any atom is -0.496 e. The highest BCUT2D eigenvalue weighted by atomic mass is 32.2. The molecule has 8 nitrogen and oxygen atoms in total. The fraction of sp³-hybridized carbons (Fsp3) is 0.308. The minimum absolute atomic E-state index is 0.0446. The van der Waals surface area contributed by atoms with Gasteiger partial charge in [0.1, 0.15) is 5.75 Å². The number of amides is 1. The van der Waals surface area contributed by atoms with Crippen molar-refractivity contribution in [2.45, 2.75) is 45.1 Å². The van der Waals surface area contributed by atoms with Gasteiger partial charge in [0.05, 0.1) is 24.5 Å². The minimum atomic E-state index is -0.382. The highest BCUT2D eigenvalue weighted by Gasteiger charge is 2.22. The van der Waals surface area contributed by atoms with E-state index < -0.39 is 0 Å². The summed E-state index contributed by atoms with van der Waals surface area (Å²) in [4.78, 5) is 25.9. The van der Waals surface area contributed by atoms with E-state index in [1.807, 2.05) is 54.9 Å². The van der Waals surface area contributed by atoms with Gasteiger partial charge in [0.15, 0.2) is 16.8 Å². The van der Waals surface area contributed by atoms with E-state index >= 15 is 0 Å². The topological polar surface area (TPSA) is 91.0 Å². The number of ether oxygens (including phenoxy) is 1. The van der Waals surface area contributed by atoms with Gasteiger partial charge >= 0.3 is 0 Å². The summed E-state index contributed by atoms with van der Waals surface area (Å²) in [6.45, 7) is 7.33. The van der Waals surface area contributed by atoms with Crippen LogP contribution >= 0.6 is 11.8 Å². The zero-order valence-corrected chi connectivity index (χ0v) is 21.1. The second kappa shape index (κ2) is 10.8. The third-order valence-corrected chi connectivity index (χ3v) is 6.88. The summed E-state index contributed by atoms with van der Waals surface area (Å²) < 4.78 is 9.32. The lowest BCUT2D eigenvalue weighted by molar-refractivity contribution is 0.0933. The first-order chi connectivity index (χ1) is 17.0. The van der Waals surface area contributed by atoms with Crippen molar-refractivity contribution in [3.05, 3.63) is 71.7 Å². The Balaban J connectivity index is 1.48. The normalized spacial score (nSPS) is 12.0. The van der Waals surface area contributed by atoms with E-state index in [-0.39, 0.29) is 23.5 Å². The molecule has 35 heavy (non-hydrogen) atoms. The first-order valence-electron chi connectivity index (χ1n) is 11.6. The molecule has 0 saturated carbocycles. The maximum Gasteiger partial charge on any atom is 0.255 e. The van der Waals surface area contributed by atoms with Crippen LogP contribution in [0.2, 0.25) is 0 Å². The number of aromatic nitrogens is 4. The van der Waals surface area contributed by atoms with Crippen molar-refractivity contribution in [3.63, 3.8) is 0 Å². The molecule has 4 aromatic rings. The van der Waals surface area contributed by atoms with E-state index in [2.05, 4.69) is 27.0 Å². The van der Waals surface area contributed by atoms with Gasteiger partial charge in [0.25, 0.3) is 5.91 Å². The van der Waals surface area contributed by atoms with Gasteiger partial charge in [-0.25, -0.2) is 0 Å². The molecular weight excluding hydrogens is 462 g/mol. The number of benzene rings is 2. The monoisotopic (exact) mass is 491 g/mol. The number of para-hydroxylation sites is 2. The molecule has 0 bridgehead atoms. The molecule has 9 heteroatoms. The summed E-state index contributed by atoms with van der Waals surface area (Å²) >= 11 is 1.36. The molecule has 1 atom stereocenters. The predicted octanol–water partition coefficient (Wildman–Crippen LogP) is 4.75. The molecule has 0 aliphatic heterocycles. The molecule has 0 spiro atoms. The zero-order chi connectivity index (χ0) is 24.9. The number of hydrogen-bond acceptors (Lipinski definition) is 6. The van der Waals surface area contributed by atoms with Crippen LogP contribution in [0.25, 0.3) is 10.9 Å². The lowest BCUT2D eigenvalue weighted by atomic mass is 10.1. The largest absolute Gasteiger partial charge is 0.496 e. The van der Waals surface area contributed by atoms with Gasteiger partial charge < -0.3 is 19.2 Å². The fourth-order valence-electron chi connectivity index (χ4n) is 4.13. The van der Waals surface area contributed by atoms with Crippen molar-refractivity contribution in [2.24, 2.45) is 0 Å². The van der Waals surface area contributed by atoms with Gasteiger partial charge in [-0.15, -0.1) is 10.2 Å². The number of carbonyl (C=O) groups is 2. The molecule has 182 valence electrons. The number of nitrogens with zero attached hydrogens (tertiary/aromatic N) is 4. The fourth-order valence-corrected chi connectivity index (χ4v) is 5.03. The van der Waals surface area contributed by atoms with Crippen molar-refractivity contribution in [3.8, 4) is 5.75 Å². The quantitative estimate of drug-likeness (QED) is 0.254. The average molecular weight is 492 g/mol. The molecule has 0 saturated heterocycles. The Morgan fingerprint density at radius 3 is 2.51 bits per heavy atom. The van der Waals surface area contributed by atoms with Crippen LogP contribution in [0, 0.1) is 0 Å². The maximum absolute atomic E-state index is 13.1. The summed E-state index contributed by atoms with van der Waals surface area (Å²) in [5.74, 6) is 1.18. The van der Waals surface area contributed by atoms with E-state index in [0.29, 0.717) is 28.8 Å². The van der Waals surface area contributed by atoms with Gasteiger partial charge in [0, 0.05) is 35.8 Å². The van der Waals surface area contributed by atoms with E-state index in [4.69, 9.17) is 4.74 Å². The predicted molar refractivity (Wildman–Crippen MR) is 137 cm³/mol. The van der Waals surface area contributed by atoms with Crippen molar-refractivity contribution in [1.29, 1.82) is 0 Å². The van der Waals surface area contributed by atoms with Gasteiger partial charge in [-0.2, -0.15) is 0 Å². The Kier molecular flexibility index (Phi) is 7.55. The van der Waals surface area contributed by atoms with E-state index in [1.54, 1.807) is 18.2 Å². The summed E-state index contributed by atoms with van der Waals surface area (Å²) in [5, 5.41) is 13.2. The lowest BCUT2D eigenvalue weighted by Gasteiger charge is -2.16. The molecule has 0 unspecified atom stereocenters. The maximum atomic E-state index is 13.1. The summed E-state index contributed by atoms with van der Waals surface area (Å²) in [7, 11) is 1.54. The molecule has 2 aromatic carbocycles. The van der Waals surface area contributed by atoms with Crippen molar-refractivity contribution >= 4 is 34.4 Å². The Hall–Kier alpha value is -3.59. The Labute approximate surface area is 208 Å². The highest BCUT2D eigenvalue weighted by molar-refractivity contribution is 7.99. The number of hydrogen-bond donors (Lipinski definition) is 1. The first kappa shape index (κ1) is 24.5. The van der Waals surface area contributed by atoms with Crippen LogP contribution in [0.5, 0.6) is 5.75 Å². The molecule has 0 radical (unpaired) electrons. The van der Waals surface area contributed by atoms with Crippen LogP contribution in [0.3, 0.4) is 0 Å². The molecule has 4 rings (SSSR count). The summed E-state index contributed by atoms with van der Waals surface area (Å²) in [6, 6.07) is 14.6. The van der Waals surface area contributed by atoms with Gasteiger partial charge in [0.2, 0.25) is 0 Å². The van der Waals surface area contributed by atoms with Crippen LogP contribution < -0.4 is 10.1 Å². The first-order valence-corrected chi connectivity index (χ1v) is 12.6. The number of fused-ring (bicyclic) bond motifs is 1. The number of carbonyl (C=O) groups excluding carboxylic acids is 2. The molecule has 0 aliphatic carbocycles. The second-order valence-electron chi connectivity index (χ2n) is 8.04. The summed E-state index contributed by atoms with van der Waals surface area (Å²) in [6.07, 6.45) is 1.93. The second-order valence-corrected chi connectivity index (χ2v) is 8.98. The molecule has 0 fully saturated rings. The number of ketones is 1. The standard InChI is InChI=1S/C26H29N5O3S/c1-5-30-15-20(18-11-7-9-13-21(18)30)22(32)16-35-26-29-28-24(31(26)6-2)17(3)27-25(33)19-12-8-10-14-23(19)34-4/h7-15,17H,5-6,16H2,1-4H3,(H,27,33)/t17-/m0/s1. The average Bonchev–Trinajstić information content (AvgIpc) is 3.48. The molecule has 2 heterocycles.